The second kappa shape index (κ2) is 10.9. The second-order valence-electron chi connectivity index (χ2n) is 7.14. The fraction of sp³-hybridized carbons (Fsp3) is 0.450. The molecule has 0 radical (unpaired) electrons. The number of ether oxygens (including phenoxy) is 2. The van der Waals surface area contributed by atoms with Crippen molar-refractivity contribution in [2.75, 3.05) is 13.1 Å². The van der Waals surface area contributed by atoms with E-state index in [2.05, 4.69) is 0 Å². The molecule has 14 heteroatoms. The molecule has 1 aromatic carbocycles. The van der Waals surface area contributed by atoms with Crippen molar-refractivity contribution < 1.29 is 49.5 Å². The van der Waals surface area contributed by atoms with Crippen molar-refractivity contribution in [3.63, 3.8) is 0 Å². The van der Waals surface area contributed by atoms with E-state index in [0.29, 0.717) is 13.1 Å². The molecular formula is C20H23N3O11. The number of phenolic OH excluding ortho intramolecular Hbond substituents is 1. The van der Waals surface area contributed by atoms with E-state index < -0.39 is 64.7 Å². The Bertz CT molecular complexity index is 1030. The molecule has 1 aliphatic rings. The van der Waals surface area contributed by atoms with Crippen molar-refractivity contribution in [3.8, 4) is 17.6 Å². The number of carbonyl (C=O) groups excluding carboxylic acids is 1. The van der Waals surface area contributed by atoms with Gasteiger partial charge in [0, 0.05) is 19.2 Å². The number of aliphatic hydroxyl groups excluding tert-OH is 3. The number of aliphatic carboxylic acids is 1. The van der Waals surface area contributed by atoms with Crippen LogP contribution in [-0.4, -0.2) is 91.0 Å². The lowest BCUT2D eigenvalue weighted by Gasteiger charge is -2.38. The molecule has 3 unspecified atom stereocenters. The number of nitriles is 1. The van der Waals surface area contributed by atoms with Crippen molar-refractivity contribution in [3.05, 3.63) is 33.4 Å². The first-order chi connectivity index (χ1) is 16.0. The van der Waals surface area contributed by atoms with Crippen LogP contribution in [0.3, 0.4) is 0 Å². The van der Waals surface area contributed by atoms with Crippen LogP contribution in [0.15, 0.2) is 17.7 Å². The summed E-state index contributed by atoms with van der Waals surface area (Å²) < 4.78 is 10.2. The summed E-state index contributed by atoms with van der Waals surface area (Å²) in [7, 11) is 0. The third-order valence-corrected chi connectivity index (χ3v) is 5.04. The van der Waals surface area contributed by atoms with E-state index in [1.165, 1.54) is 4.90 Å². The zero-order chi connectivity index (χ0) is 25.7. The van der Waals surface area contributed by atoms with Crippen LogP contribution in [0.1, 0.15) is 19.4 Å². The zero-order valence-corrected chi connectivity index (χ0v) is 18.1. The third-order valence-electron chi connectivity index (χ3n) is 5.04. The highest BCUT2D eigenvalue weighted by Crippen LogP contribution is 2.39. The first-order valence-electron chi connectivity index (χ1n) is 9.98. The van der Waals surface area contributed by atoms with E-state index in [-0.39, 0.29) is 11.1 Å². The van der Waals surface area contributed by atoms with Gasteiger partial charge >= 0.3 is 11.7 Å². The van der Waals surface area contributed by atoms with Gasteiger partial charge < -0.3 is 39.9 Å². The number of nitro groups is 1. The van der Waals surface area contributed by atoms with Crippen LogP contribution >= 0.6 is 0 Å². The topological polar surface area (TPSA) is 224 Å². The van der Waals surface area contributed by atoms with Crippen LogP contribution in [0, 0.1) is 21.4 Å². The fourth-order valence-electron chi connectivity index (χ4n) is 3.19. The Morgan fingerprint density at radius 1 is 1.24 bits per heavy atom. The van der Waals surface area contributed by atoms with E-state index in [1.54, 1.807) is 19.9 Å². The van der Waals surface area contributed by atoms with Crippen LogP contribution < -0.4 is 4.74 Å². The monoisotopic (exact) mass is 481 g/mol. The minimum Gasteiger partial charge on any atom is -0.500 e. The molecule has 14 nitrogen and oxygen atoms in total. The maximum atomic E-state index is 12.5. The number of carboxylic acid groups (broad SMARTS) is 1. The predicted octanol–water partition coefficient (Wildman–Crippen LogP) is -0.653. The Hall–Kier alpha value is -3.77. The van der Waals surface area contributed by atoms with E-state index in [9.17, 15) is 45.4 Å². The molecule has 2 rings (SSSR count). The number of hydrogen-bond acceptors (Lipinski definition) is 11. The number of aliphatic hydroxyl groups is 3. The summed E-state index contributed by atoms with van der Waals surface area (Å²) in [4.78, 5) is 35.5. The maximum Gasteiger partial charge on any atom is 0.335 e. The summed E-state index contributed by atoms with van der Waals surface area (Å²) in [5.74, 6) is -4.03. The Morgan fingerprint density at radius 2 is 1.85 bits per heavy atom. The average molecular weight is 481 g/mol. The molecule has 1 saturated heterocycles. The van der Waals surface area contributed by atoms with Gasteiger partial charge in [0.25, 0.3) is 5.91 Å². The van der Waals surface area contributed by atoms with Crippen molar-refractivity contribution in [1.29, 1.82) is 5.26 Å². The number of hydrogen-bond donors (Lipinski definition) is 5. The van der Waals surface area contributed by atoms with Gasteiger partial charge in [-0.3, -0.25) is 14.9 Å². The Balaban J connectivity index is 2.51. The highest BCUT2D eigenvalue weighted by atomic mass is 16.7. The van der Waals surface area contributed by atoms with Crippen LogP contribution in [0.5, 0.6) is 11.5 Å². The van der Waals surface area contributed by atoms with Gasteiger partial charge in [0.05, 0.1) is 4.92 Å². The normalized spacial score (nSPS) is 24.7. The van der Waals surface area contributed by atoms with Gasteiger partial charge in [-0.05, 0) is 31.6 Å². The number of rotatable bonds is 8. The van der Waals surface area contributed by atoms with Gasteiger partial charge in [-0.2, -0.15) is 5.26 Å². The van der Waals surface area contributed by atoms with E-state index >= 15 is 0 Å². The molecule has 5 atom stereocenters. The molecule has 0 bridgehead atoms. The van der Waals surface area contributed by atoms with Gasteiger partial charge in [-0.15, -0.1) is 0 Å². The molecule has 0 aromatic heterocycles. The first-order valence-corrected chi connectivity index (χ1v) is 9.98. The highest BCUT2D eigenvalue weighted by molar-refractivity contribution is 6.01. The van der Waals surface area contributed by atoms with Crippen molar-refractivity contribution >= 4 is 23.6 Å². The zero-order valence-electron chi connectivity index (χ0n) is 18.1. The number of benzene rings is 1. The van der Waals surface area contributed by atoms with Gasteiger partial charge in [-0.1, -0.05) is 0 Å². The third kappa shape index (κ3) is 5.41. The number of phenols is 1. The maximum absolute atomic E-state index is 12.5. The minimum absolute atomic E-state index is 0.114. The van der Waals surface area contributed by atoms with Gasteiger partial charge in [0.1, 0.15) is 30.0 Å². The Labute approximate surface area is 192 Å². The second-order valence-corrected chi connectivity index (χ2v) is 7.14. The summed E-state index contributed by atoms with van der Waals surface area (Å²) in [6.45, 7) is 3.99. The quantitative estimate of drug-likeness (QED) is 0.135. The fourth-order valence-corrected chi connectivity index (χ4v) is 3.19. The summed E-state index contributed by atoms with van der Waals surface area (Å²) in [6, 6.07) is 3.56. The lowest BCUT2D eigenvalue weighted by atomic mass is 9.99. The Kier molecular flexibility index (Phi) is 8.49. The van der Waals surface area contributed by atoms with Crippen LogP contribution in [0.25, 0.3) is 6.08 Å². The van der Waals surface area contributed by atoms with Crippen molar-refractivity contribution in [2.45, 2.75) is 44.6 Å². The van der Waals surface area contributed by atoms with Gasteiger partial charge in [0.15, 0.2) is 11.9 Å². The summed E-state index contributed by atoms with van der Waals surface area (Å²) in [5.41, 5.74) is -1.37. The minimum atomic E-state index is -2.02. The summed E-state index contributed by atoms with van der Waals surface area (Å²) in [5, 5.41) is 70.0. The standard InChI is InChI=1S/C20H23N3O11/c1-3-22(4-2)18(28)10(8-21)5-9-6-11(23(31)32)13(24)12(7-9)33-20-16(27)14(25)15(26)17(34-20)19(29)30/h5-7,14-17,20,24-27H,3-4H2,1-2H3,(H,29,30)/b10-5+/t14?,15-,16?,17?,20+/m0/s1. The molecule has 0 spiro atoms. The molecule has 1 fully saturated rings. The molecule has 0 aliphatic carbocycles. The van der Waals surface area contributed by atoms with Crippen LogP contribution in [0.2, 0.25) is 0 Å². The number of carboxylic acids is 1. The SMILES string of the molecule is CCN(CC)C(=O)/C(C#N)=C/c1cc(O[C@@H]2OC(C(=O)O)[C@@H](O)C(O)C2O)c(O)c([N+](=O)[O-])c1. The molecule has 184 valence electrons. The largest absolute Gasteiger partial charge is 0.500 e. The van der Waals surface area contributed by atoms with Gasteiger partial charge in [-0.25, -0.2) is 4.79 Å². The van der Waals surface area contributed by atoms with E-state index in [0.717, 1.165) is 18.2 Å². The molecule has 34 heavy (non-hydrogen) atoms. The lowest BCUT2D eigenvalue weighted by molar-refractivity contribution is -0.386. The summed E-state index contributed by atoms with van der Waals surface area (Å²) >= 11 is 0. The molecule has 5 N–H and O–H groups in total. The number of likely N-dealkylation sites (N-methyl/N-ethyl adjacent to an activating group) is 1. The van der Waals surface area contributed by atoms with Crippen molar-refractivity contribution in [1.82, 2.24) is 4.90 Å². The Morgan fingerprint density at radius 3 is 2.35 bits per heavy atom. The predicted molar refractivity (Wildman–Crippen MR) is 111 cm³/mol. The van der Waals surface area contributed by atoms with Crippen LogP contribution in [-0.2, 0) is 14.3 Å². The van der Waals surface area contributed by atoms with E-state index in [1.807, 2.05) is 0 Å². The summed E-state index contributed by atoms with van der Waals surface area (Å²) in [6.07, 6.45) is -8.97. The molecule has 1 heterocycles. The highest BCUT2D eigenvalue weighted by Gasteiger charge is 2.48. The van der Waals surface area contributed by atoms with Gasteiger partial charge in [0.2, 0.25) is 12.0 Å². The lowest BCUT2D eigenvalue weighted by Crippen LogP contribution is -2.61. The first kappa shape index (κ1) is 26.5. The number of aromatic hydroxyl groups is 1. The number of nitrogens with zero attached hydrogens (tertiary/aromatic N) is 3. The molecule has 0 saturated carbocycles. The van der Waals surface area contributed by atoms with E-state index in [4.69, 9.17) is 14.6 Å². The molecule has 1 amide bonds. The number of carbonyl (C=O) groups is 2. The molecule has 1 aromatic rings. The smallest absolute Gasteiger partial charge is 0.335 e. The van der Waals surface area contributed by atoms with Crippen LogP contribution in [0.4, 0.5) is 5.69 Å². The number of amides is 1. The number of nitro benzene ring substituents is 1. The molecular weight excluding hydrogens is 458 g/mol. The van der Waals surface area contributed by atoms with Crippen molar-refractivity contribution in [2.24, 2.45) is 0 Å². The average Bonchev–Trinajstić information content (AvgIpc) is 2.79. The molecule has 1 aliphatic heterocycles.